The Balaban J connectivity index is 1.73. The third-order valence-electron chi connectivity index (χ3n) is 5.51. The van der Waals surface area contributed by atoms with Crippen LogP contribution >= 0.6 is 0 Å². The molecule has 4 rings (SSSR count). The Hall–Kier alpha value is -3.55. The molecular weight excluding hydrogens is 491 g/mol. The number of amides is 2. The van der Waals surface area contributed by atoms with Crippen LogP contribution in [0.3, 0.4) is 0 Å². The molecule has 3 heterocycles. The quantitative estimate of drug-likeness (QED) is 0.476. The van der Waals surface area contributed by atoms with Gasteiger partial charge in [-0.1, -0.05) is 12.1 Å². The zero-order valence-electron chi connectivity index (χ0n) is 17.7. The number of furan rings is 1. The van der Waals surface area contributed by atoms with Gasteiger partial charge in [-0.2, -0.15) is 13.2 Å². The normalized spacial score (nSPS) is 20.4. The van der Waals surface area contributed by atoms with Gasteiger partial charge in [0.1, 0.15) is 17.1 Å². The van der Waals surface area contributed by atoms with E-state index in [-0.39, 0.29) is 5.76 Å². The first kappa shape index (κ1) is 24.6. The molecule has 1 aromatic carbocycles. The molecule has 0 radical (unpaired) electrons. The molecule has 35 heavy (non-hydrogen) atoms. The summed E-state index contributed by atoms with van der Waals surface area (Å²) in [5, 5.41) is 13.6. The van der Waals surface area contributed by atoms with E-state index < -0.39 is 89.4 Å². The second-order valence-electron chi connectivity index (χ2n) is 8.06. The van der Waals surface area contributed by atoms with Crippen molar-refractivity contribution in [1.82, 2.24) is 10.0 Å². The van der Waals surface area contributed by atoms with Crippen molar-refractivity contribution in [3.05, 3.63) is 64.3 Å². The number of benzene rings is 1. The number of carbonyl (C=O) groups is 2. The summed E-state index contributed by atoms with van der Waals surface area (Å²) in [7, 11) is 0. The first-order chi connectivity index (χ1) is 16.2. The molecule has 2 aromatic rings. The number of fused-ring (bicyclic) bond motifs is 1. The standard InChI is InChI=1S/C21H16F7N3O4/c1-9-5-12(17(35-9)21(26,27)28)29-18(33)14-16(32)13-6-20(24,25)8-31(13)30(19(14)34)7-10-3-2-4-11(22)15(10)23/h2-5,13,32H,6-8H2,1H3,(H,29,33)/t13-/m0/s1. The Morgan fingerprint density at radius 1 is 1.29 bits per heavy atom. The van der Waals surface area contributed by atoms with Crippen LogP contribution in [-0.2, 0) is 22.3 Å². The predicted molar refractivity (Wildman–Crippen MR) is 104 cm³/mol. The van der Waals surface area contributed by atoms with Crippen LogP contribution < -0.4 is 5.32 Å². The molecule has 1 saturated heterocycles. The maximum Gasteiger partial charge on any atom is 0.451 e. The number of halogens is 7. The fourth-order valence-corrected chi connectivity index (χ4v) is 4.02. The Labute approximate surface area is 192 Å². The van der Waals surface area contributed by atoms with Crippen LogP contribution in [0.25, 0.3) is 0 Å². The van der Waals surface area contributed by atoms with Crippen molar-refractivity contribution in [2.24, 2.45) is 0 Å². The van der Waals surface area contributed by atoms with Gasteiger partial charge in [0.05, 0.1) is 24.8 Å². The van der Waals surface area contributed by atoms with E-state index in [2.05, 4.69) is 4.42 Å². The molecule has 1 atom stereocenters. The number of rotatable bonds is 4. The van der Waals surface area contributed by atoms with E-state index in [0.29, 0.717) is 10.0 Å². The van der Waals surface area contributed by atoms with Crippen LogP contribution in [0.4, 0.5) is 36.4 Å². The van der Waals surface area contributed by atoms with E-state index in [1.165, 1.54) is 6.92 Å². The number of hydrogen-bond donors (Lipinski definition) is 2. The molecule has 2 aliphatic rings. The van der Waals surface area contributed by atoms with Crippen molar-refractivity contribution in [2.75, 3.05) is 11.9 Å². The SMILES string of the molecule is Cc1cc(NC(=O)C2=C(O)[C@@H]3CC(F)(F)CN3N(Cc3cccc(F)c3F)C2=O)c(C(F)(F)F)o1. The van der Waals surface area contributed by atoms with Gasteiger partial charge in [-0.15, -0.1) is 0 Å². The molecule has 0 bridgehead atoms. The maximum absolute atomic E-state index is 14.2. The van der Waals surface area contributed by atoms with Gasteiger partial charge < -0.3 is 14.8 Å². The zero-order chi connectivity index (χ0) is 25.9. The topological polar surface area (TPSA) is 86.0 Å². The molecule has 2 amide bonds. The third kappa shape index (κ3) is 4.45. The number of nitrogens with zero attached hydrogens (tertiary/aromatic N) is 2. The molecule has 7 nitrogen and oxygen atoms in total. The average Bonchev–Trinajstić information content (AvgIpc) is 3.27. The largest absolute Gasteiger partial charge is 0.510 e. The smallest absolute Gasteiger partial charge is 0.451 e. The fourth-order valence-electron chi connectivity index (χ4n) is 4.02. The Kier molecular flexibility index (Phi) is 5.82. The van der Waals surface area contributed by atoms with Crippen molar-refractivity contribution in [1.29, 1.82) is 0 Å². The summed E-state index contributed by atoms with van der Waals surface area (Å²) >= 11 is 0. The van der Waals surface area contributed by atoms with Crippen LogP contribution in [0.15, 0.2) is 40.0 Å². The van der Waals surface area contributed by atoms with Gasteiger partial charge in [-0.05, 0) is 13.0 Å². The molecule has 1 aromatic heterocycles. The maximum atomic E-state index is 14.2. The summed E-state index contributed by atoms with van der Waals surface area (Å²) < 4.78 is 100. The number of alkyl halides is 5. The second-order valence-corrected chi connectivity index (χ2v) is 8.06. The van der Waals surface area contributed by atoms with E-state index in [1.807, 2.05) is 5.32 Å². The predicted octanol–water partition coefficient (Wildman–Crippen LogP) is 4.30. The summed E-state index contributed by atoms with van der Waals surface area (Å²) in [4.78, 5) is 25.9. The molecular formula is C21H16F7N3O4. The highest BCUT2D eigenvalue weighted by Crippen LogP contribution is 2.41. The molecule has 2 N–H and O–H groups in total. The number of nitrogens with one attached hydrogen (secondary N) is 1. The molecule has 0 spiro atoms. The van der Waals surface area contributed by atoms with Crippen LogP contribution in [0.1, 0.15) is 23.5 Å². The van der Waals surface area contributed by atoms with Gasteiger partial charge in [0, 0.05) is 18.1 Å². The Morgan fingerprint density at radius 3 is 2.63 bits per heavy atom. The van der Waals surface area contributed by atoms with E-state index in [0.717, 1.165) is 24.3 Å². The molecule has 1 fully saturated rings. The number of carbonyl (C=O) groups excluding carboxylic acids is 2. The van der Waals surface area contributed by atoms with Gasteiger partial charge in [-0.3, -0.25) is 14.6 Å². The molecule has 2 aliphatic heterocycles. The Bertz CT molecular complexity index is 1240. The molecule has 0 saturated carbocycles. The van der Waals surface area contributed by atoms with Gasteiger partial charge in [0.25, 0.3) is 17.7 Å². The number of aliphatic hydroxyl groups is 1. The van der Waals surface area contributed by atoms with E-state index in [9.17, 15) is 45.4 Å². The monoisotopic (exact) mass is 507 g/mol. The third-order valence-corrected chi connectivity index (χ3v) is 5.51. The van der Waals surface area contributed by atoms with E-state index in [4.69, 9.17) is 0 Å². The number of aliphatic hydroxyl groups excluding tert-OH is 1. The van der Waals surface area contributed by atoms with Gasteiger partial charge >= 0.3 is 6.18 Å². The van der Waals surface area contributed by atoms with Gasteiger partial charge in [0.15, 0.2) is 11.6 Å². The van der Waals surface area contributed by atoms with Gasteiger partial charge in [0.2, 0.25) is 5.76 Å². The summed E-state index contributed by atoms with van der Waals surface area (Å²) in [5.74, 6) is -11.9. The van der Waals surface area contributed by atoms with Gasteiger partial charge in [-0.25, -0.2) is 22.6 Å². The lowest BCUT2D eigenvalue weighted by atomic mass is 10.0. The van der Waals surface area contributed by atoms with Crippen molar-refractivity contribution in [3.63, 3.8) is 0 Å². The highest BCUT2D eigenvalue weighted by molar-refractivity contribution is 6.23. The minimum Gasteiger partial charge on any atom is -0.510 e. The molecule has 14 heteroatoms. The lowest BCUT2D eigenvalue weighted by Crippen LogP contribution is -2.55. The van der Waals surface area contributed by atoms with Crippen LogP contribution in [0, 0.1) is 18.6 Å². The average molecular weight is 507 g/mol. The lowest BCUT2D eigenvalue weighted by molar-refractivity contribution is -0.154. The highest BCUT2D eigenvalue weighted by Gasteiger charge is 2.54. The summed E-state index contributed by atoms with van der Waals surface area (Å²) in [6.07, 6.45) is -6.06. The van der Waals surface area contributed by atoms with E-state index in [1.54, 1.807) is 0 Å². The molecule has 0 aliphatic carbocycles. The summed E-state index contributed by atoms with van der Waals surface area (Å²) in [6.45, 7) is -0.711. The number of hydrogen-bond acceptors (Lipinski definition) is 5. The lowest BCUT2D eigenvalue weighted by Gasteiger charge is -2.39. The first-order valence-electron chi connectivity index (χ1n) is 10.0. The molecule has 188 valence electrons. The minimum absolute atomic E-state index is 0.231. The van der Waals surface area contributed by atoms with Crippen molar-refractivity contribution in [2.45, 2.75) is 38.0 Å². The zero-order valence-corrected chi connectivity index (χ0v) is 17.7. The van der Waals surface area contributed by atoms with Crippen molar-refractivity contribution < 1.29 is 49.8 Å². The Morgan fingerprint density at radius 2 is 1.97 bits per heavy atom. The van der Waals surface area contributed by atoms with Crippen LogP contribution in [0.2, 0.25) is 0 Å². The van der Waals surface area contributed by atoms with Crippen molar-refractivity contribution in [3.8, 4) is 0 Å². The highest BCUT2D eigenvalue weighted by atomic mass is 19.4. The fraction of sp³-hybridized carbons (Fsp3) is 0.333. The number of hydrazine groups is 1. The van der Waals surface area contributed by atoms with E-state index >= 15 is 0 Å². The molecule has 0 unspecified atom stereocenters. The van der Waals surface area contributed by atoms with Crippen LogP contribution in [0.5, 0.6) is 0 Å². The number of aryl methyl sites for hydroxylation is 1. The first-order valence-corrected chi connectivity index (χ1v) is 10.0. The van der Waals surface area contributed by atoms with Crippen molar-refractivity contribution >= 4 is 17.5 Å². The summed E-state index contributed by atoms with van der Waals surface area (Å²) in [6, 6.07) is 2.18. The summed E-state index contributed by atoms with van der Waals surface area (Å²) in [5.41, 5.74) is -2.40. The minimum atomic E-state index is -5.02. The number of anilines is 1. The second kappa shape index (κ2) is 8.29. The van der Waals surface area contributed by atoms with Crippen LogP contribution in [-0.4, -0.2) is 45.4 Å².